The van der Waals surface area contributed by atoms with Gasteiger partial charge in [-0.2, -0.15) is 0 Å². The molecule has 0 aromatic carbocycles. The predicted molar refractivity (Wildman–Crippen MR) is 103 cm³/mol. The van der Waals surface area contributed by atoms with E-state index in [9.17, 15) is 0 Å². The van der Waals surface area contributed by atoms with Crippen molar-refractivity contribution in [2.75, 3.05) is 5.73 Å². The van der Waals surface area contributed by atoms with Crippen LogP contribution in [0.3, 0.4) is 0 Å². The van der Waals surface area contributed by atoms with Crippen molar-refractivity contribution < 1.29 is 0 Å². The van der Waals surface area contributed by atoms with Gasteiger partial charge in [-0.05, 0) is 12.8 Å². The molecular formula is C19H34N6. The van der Waals surface area contributed by atoms with Crippen LogP contribution in [0.1, 0.15) is 96.9 Å². The van der Waals surface area contributed by atoms with Gasteiger partial charge in [0.2, 0.25) is 0 Å². The average Bonchev–Trinajstić information content (AvgIpc) is 3.05. The van der Waals surface area contributed by atoms with Gasteiger partial charge in [-0.3, -0.25) is 0 Å². The third-order valence-electron chi connectivity index (χ3n) is 4.92. The maximum atomic E-state index is 5.91. The molecule has 140 valence electrons. The highest BCUT2D eigenvalue weighted by Gasteiger charge is 2.18. The Morgan fingerprint density at radius 1 is 0.880 bits per heavy atom. The summed E-state index contributed by atoms with van der Waals surface area (Å²) in [5.41, 5.74) is 7.32. The van der Waals surface area contributed by atoms with Crippen molar-refractivity contribution in [2.24, 2.45) is 0 Å². The molecule has 2 heterocycles. The Morgan fingerprint density at radius 2 is 1.48 bits per heavy atom. The first-order chi connectivity index (χ1) is 12.3. The molecule has 0 saturated heterocycles. The SMILES string of the molecule is CCCCCCCC(CCCCCCC)n1nnc2c(N)ncnc21. The lowest BCUT2D eigenvalue weighted by Gasteiger charge is -2.17. The third-order valence-corrected chi connectivity index (χ3v) is 4.92. The van der Waals surface area contributed by atoms with E-state index in [2.05, 4.69) is 34.1 Å². The minimum atomic E-state index is 0.363. The second-order valence-corrected chi connectivity index (χ2v) is 7.02. The lowest BCUT2D eigenvalue weighted by atomic mass is 10.0. The highest BCUT2D eigenvalue weighted by molar-refractivity contribution is 5.80. The fraction of sp³-hybridized carbons (Fsp3) is 0.789. The van der Waals surface area contributed by atoms with Gasteiger partial charge in [-0.25, -0.2) is 14.6 Å². The Labute approximate surface area is 151 Å². The van der Waals surface area contributed by atoms with Crippen LogP contribution in [0.4, 0.5) is 5.82 Å². The molecule has 2 aromatic heterocycles. The number of nitrogens with zero attached hydrogens (tertiary/aromatic N) is 5. The molecule has 0 saturated carbocycles. The average molecular weight is 347 g/mol. The first kappa shape index (κ1) is 19.6. The Morgan fingerprint density at radius 3 is 2.08 bits per heavy atom. The van der Waals surface area contributed by atoms with E-state index in [0.29, 0.717) is 17.4 Å². The molecule has 25 heavy (non-hydrogen) atoms. The summed E-state index contributed by atoms with van der Waals surface area (Å²) < 4.78 is 1.99. The van der Waals surface area contributed by atoms with Crippen molar-refractivity contribution in [1.82, 2.24) is 25.0 Å². The number of hydrogen-bond acceptors (Lipinski definition) is 5. The number of anilines is 1. The van der Waals surface area contributed by atoms with Gasteiger partial charge >= 0.3 is 0 Å². The molecular weight excluding hydrogens is 312 g/mol. The first-order valence-electron chi connectivity index (χ1n) is 10.1. The lowest BCUT2D eigenvalue weighted by molar-refractivity contribution is 0.367. The summed E-state index contributed by atoms with van der Waals surface area (Å²) in [6, 6.07) is 0.363. The van der Waals surface area contributed by atoms with Crippen molar-refractivity contribution in [3.63, 3.8) is 0 Å². The van der Waals surface area contributed by atoms with Gasteiger partial charge in [0.25, 0.3) is 0 Å². The van der Waals surface area contributed by atoms with E-state index in [1.807, 2.05) is 4.68 Å². The molecule has 6 nitrogen and oxygen atoms in total. The second-order valence-electron chi connectivity index (χ2n) is 7.02. The zero-order chi connectivity index (χ0) is 17.9. The van der Waals surface area contributed by atoms with Crippen molar-refractivity contribution in [1.29, 1.82) is 0 Å². The molecule has 6 heteroatoms. The van der Waals surface area contributed by atoms with Gasteiger partial charge in [0.1, 0.15) is 6.33 Å². The Hall–Kier alpha value is -1.72. The standard InChI is InChI=1S/C19H34N6/c1-3-5-7-9-11-13-16(14-12-10-8-6-4-2)25-19-17(23-24-25)18(20)21-15-22-19/h15-16H,3-14H2,1-2H3,(H2,20,21,22). The highest BCUT2D eigenvalue weighted by Crippen LogP contribution is 2.26. The van der Waals surface area contributed by atoms with E-state index >= 15 is 0 Å². The summed E-state index contributed by atoms with van der Waals surface area (Å²) in [6.45, 7) is 4.51. The molecule has 0 atom stereocenters. The van der Waals surface area contributed by atoms with Gasteiger partial charge in [0.15, 0.2) is 17.0 Å². The van der Waals surface area contributed by atoms with E-state index < -0.39 is 0 Å². The zero-order valence-corrected chi connectivity index (χ0v) is 16.0. The minimum absolute atomic E-state index is 0.363. The van der Waals surface area contributed by atoms with Gasteiger partial charge in [-0.1, -0.05) is 83.3 Å². The Kier molecular flexibility index (Phi) is 8.63. The Bertz CT molecular complexity index is 595. The maximum Gasteiger partial charge on any atom is 0.184 e. The van der Waals surface area contributed by atoms with Crippen LogP contribution in [0.15, 0.2) is 6.33 Å². The summed E-state index contributed by atoms with van der Waals surface area (Å²) >= 11 is 0. The number of unbranched alkanes of at least 4 members (excludes halogenated alkanes) is 8. The number of hydrogen-bond donors (Lipinski definition) is 1. The summed E-state index contributed by atoms with van der Waals surface area (Å²) in [5.74, 6) is 0.417. The van der Waals surface area contributed by atoms with Crippen LogP contribution in [0.2, 0.25) is 0 Å². The minimum Gasteiger partial charge on any atom is -0.382 e. The van der Waals surface area contributed by atoms with Crippen molar-refractivity contribution >= 4 is 17.0 Å². The topological polar surface area (TPSA) is 82.5 Å². The molecule has 2 rings (SSSR count). The summed E-state index contributed by atoms with van der Waals surface area (Å²) in [7, 11) is 0. The highest BCUT2D eigenvalue weighted by atomic mass is 15.5. The van der Waals surface area contributed by atoms with Crippen LogP contribution in [0, 0.1) is 0 Å². The number of aromatic nitrogens is 5. The van der Waals surface area contributed by atoms with Crippen molar-refractivity contribution in [3.8, 4) is 0 Å². The van der Waals surface area contributed by atoms with E-state index in [0.717, 1.165) is 18.5 Å². The third kappa shape index (κ3) is 5.94. The van der Waals surface area contributed by atoms with Gasteiger partial charge < -0.3 is 5.73 Å². The van der Waals surface area contributed by atoms with E-state index in [1.54, 1.807) is 0 Å². The molecule has 2 N–H and O–H groups in total. The monoisotopic (exact) mass is 346 g/mol. The molecule has 0 aliphatic rings. The van der Waals surface area contributed by atoms with E-state index in [-0.39, 0.29) is 0 Å². The van der Waals surface area contributed by atoms with Crippen LogP contribution < -0.4 is 5.73 Å². The number of nitrogens with two attached hydrogens (primary N) is 1. The van der Waals surface area contributed by atoms with E-state index in [1.165, 1.54) is 70.5 Å². The Balaban J connectivity index is 2.00. The zero-order valence-electron chi connectivity index (χ0n) is 16.0. The van der Waals surface area contributed by atoms with Crippen molar-refractivity contribution in [3.05, 3.63) is 6.33 Å². The van der Waals surface area contributed by atoms with Crippen LogP contribution >= 0.6 is 0 Å². The number of nitrogen functional groups attached to an aromatic ring is 1. The summed E-state index contributed by atoms with van der Waals surface area (Å²) in [4.78, 5) is 8.41. The molecule has 0 amide bonds. The predicted octanol–water partition coefficient (Wildman–Crippen LogP) is 5.07. The fourth-order valence-electron chi connectivity index (χ4n) is 3.38. The normalized spacial score (nSPS) is 11.6. The van der Waals surface area contributed by atoms with Crippen LogP contribution in [0.25, 0.3) is 11.2 Å². The largest absolute Gasteiger partial charge is 0.382 e. The fourth-order valence-corrected chi connectivity index (χ4v) is 3.38. The van der Waals surface area contributed by atoms with Gasteiger partial charge in [0.05, 0.1) is 6.04 Å². The van der Waals surface area contributed by atoms with E-state index in [4.69, 9.17) is 5.73 Å². The molecule has 0 aliphatic heterocycles. The number of rotatable bonds is 13. The first-order valence-corrected chi connectivity index (χ1v) is 10.1. The summed E-state index contributed by atoms with van der Waals surface area (Å²) in [5, 5.41) is 8.59. The second kappa shape index (κ2) is 11.0. The molecule has 0 bridgehead atoms. The molecule has 0 spiro atoms. The van der Waals surface area contributed by atoms with Crippen molar-refractivity contribution in [2.45, 2.75) is 96.9 Å². The van der Waals surface area contributed by atoms with Gasteiger partial charge in [-0.15, -0.1) is 5.10 Å². The molecule has 0 unspecified atom stereocenters. The molecule has 0 fully saturated rings. The maximum absolute atomic E-state index is 5.91. The quantitative estimate of drug-likeness (QED) is 0.512. The number of fused-ring (bicyclic) bond motifs is 1. The lowest BCUT2D eigenvalue weighted by Crippen LogP contribution is -2.12. The molecule has 0 radical (unpaired) electrons. The van der Waals surface area contributed by atoms with Crippen LogP contribution in [-0.2, 0) is 0 Å². The van der Waals surface area contributed by atoms with Crippen LogP contribution in [0.5, 0.6) is 0 Å². The summed E-state index contributed by atoms with van der Waals surface area (Å²) in [6.07, 6.45) is 16.7. The molecule has 2 aromatic rings. The molecule has 0 aliphatic carbocycles. The van der Waals surface area contributed by atoms with Crippen LogP contribution in [-0.4, -0.2) is 25.0 Å². The smallest absolute Gasteiger partial charge is 0.184 e. The van der Waals surface area contributed by atoms with Gasteiger partial charge in [0, 0.05) is 0 Å².